The number of non-ortho nitro benzene ring substituents is 1. The van der Waals surface area contributed by atoms with E-state index < -0.39 is 40.2 Å². The Labute approximate surface area is 225 Å². The molecule has 212 valence electrons. The van der Waals surface area contributed by atoms with E-state index in [1.165, 1.54) is 13.2 Å². The van der Waals surface area contributed by atoms with Crippen LogP contribution in [0.3, 0.4) is 0 Å². The number of methoxy groups -OCH3 is 1. The molecule has 1 aliphatic heterocycles. The van der Waals surface area contributed by atoms with Gasteiger partial charge in [0, 0.05) is 30.4 Å². The number of benzene rings is 2. The van der Waals surface area contributed by atoms with E-state index in [4.69, 9.17) is 9.47 Å². The Balaban J connectivity index is 1.58. The Bertz CT molecular complexity index is 1400. The quantitative estimate of drug-likeness (QED) is 0.223. The molecular formula is C25H24F4N6O5. The van der Waals surface area contributed by atoms with Crippen molar-refractivity contribution in [2.45, 2.75) is 25.1 Å². The lowest BCUT2D eigenvalue weighted by Crippen LogP contribution is -2.43. The van der Waals surface area contributed by atoms with Gasteiger partial charge in [0.2, 0.25) is 11.8 Å². The number of anilines is 2. The van der Waals surface area contributed by atoms with Crippen molar-refractivity contribution in [1.29, 1.82) is 0 Å². The summed E-state index contributed by atoms with van der Waals surface area (Å²) in [6, 6.07) is 6.34. The fraction of sp³-hybridized carbons (Fsp3) is 0.320. The van der Waals surface area contributed by atoms with Gasteiger partial charge < -0.3 is 25.0 Å². The van der Waals surface area contributed by atoms with Crippen LogP contribution in [0.15, 0.2) is 42.6 Å². The SMILES string of the molecule is COc1cc(C(=O)NC2CCN(C)CC2)c(F)cc1Nc1ncc(C(F)(F)F)c(Oc2ccc([N+](=O)[O-])cc2)n1. The average Bonchev–Trinajstić information content (AvgIpc) is 2.90. The molecule has 0 aliphatic carbocycles. The van der Waals surface area contributed by atoms with Gasteiger partial charge >= 0.3 is 6.18 Å². The normalized spacial score (nSPS) is 14.4. The van der Waals surface area contributed by atoms with Crippen LogP contribution in [0.4, 0.5) is 34.9 Å². The molecule has 0 bridgehead atoms. The van der Waals surface area contributed by atoms with Crippen LogP contribution >= 0.6 is 0 Å². The third-order valence-electron chi connectivity index (χ3n) is 6.16. The first-order valence-corrected chi connectivity index (χ1v) is 11.9. The number of hydrogen-bond acceptors (Lipinski definition) is 9. The molecule has 1 aromatic heterocycles. The maximum Gasteiger partial charge on any atom is 0.423 e. The maximum absolute atomic E-state index is 15.0. The Kier molecular flexibility index (Phi) is 8.32. The molecule has 0 radical (unpaired) electrons. The molecule has 2 aromatic carbocycles. The van der Waals surface area contributed by atoms with E-state index in [0.29, 0.717) is 6.20 Å². The molecule has 2 heterocycles. The fourth-order valence-electron chi connectivity index (χ4n) is 3.98. The summed E-state index contributed by atoms with van der Waals surface area (Å²) in [7, 11) is 3.24. The molecule has 1 saturated heterocycles. The molecule has 0 saturated carbocycles. The molecule has 1 fully saturated rings. The minimum atomic E-state index is -4.89. The smallest absolute Gasteiger partial charge is 0.423 e. The number of piperidine rings is 1. The number of nitro groups is 1. The molecule has 0 unspecified atom stereocenters. The van der Waals surface area contributed by atoms with E-state index in [-0.39, 0.29) is 34.5 Å². The number of alkyl halides is 3. The van der Waals surface area contributed by atoms with Crippen LogP contribution in [0.5, 0.6) is 17.4 Å². The fourth-order valence-corrected chi connectivity index (χ4v) is 3.98. The second-order valence-corrected chi connectivity index (χ2v) is 8.97. The molecule has 3 aromatic rings. The van der Waals surface area contributed by atoms with Crippen LogP contribution in [0, 0.1) is 15.9 Å². The number of halogens is 4. The number of hydrogen-bond donors (Lipinski definition) is 2. The van der Waals surface area contributed by atoms with Crippen molar-refractivity contribution >= 4 is 23.2 Å². The zero-order valence-electron chi connectivity index (χ0n) is 21.3. The zero-order chi connectivity index (χ0) is 29.0. The van der Waals surface area contributed by atoms with Gasteiger partial charge in [-0.1, -0.05) is 0 Å². The monoisotopic (exact) mass is 564 g/mol. The highest BCUT2D eigenvalue weighted by atomic mass is 19.4. The third kappa shape index (κ3) is 6.72. The molecule has 0 atom stereocenters. The van der Waals surface area contributed by atoms with Crippen LogP contribution in [-0.4, -0.2) is 59.0 Å². The number of carbonyl (C=O) groups is 1. The number of ether oxygens (including phenoxy) is 2. The molecule has 1 aliphatic rings. The van der Waals surface area contributed by atoms with Crippen molar-refractivity contribution in [3.05, 3.63) is 69.7 Å². The second-order valence-electron chi connectivity index (χ2n) is 8.97. The van der Waals surface area contributed by atoms with E-state index >= 15 is 0 Å². The number of aromatic nitrogens is 2. The van der Waals surface area contributed by atoms with Gasteiger partial charge in [-0.25, -0.2) is 9.37 Å². The topological polar surface area (TPSA) is 132 Å². The summed E-state index contributed by atoms with van der Waals surface area (Å²) in [6.45, 7) is 1.59. The lowest BCUT2D eigenvalue weighted by molar-refractivity contribution is -0.384. The summed E-state index contributed by atoms with van der Waals surface area (Å²) >= 11 is 0. The number of nitrogens with zero attached hydrogens (tertiary/aromatic N) is 4. The predicted molar refractivity (Wildman–Crippen MR) is 134 cm³/mol. The van der Waals surface area contributed by atoms with Crippen molar-refractivity contribution in [2.24, 2.45) is 0 Å². The Morgan fingerprint density at radius 2 is 1.85 bits per heavy atom. The predicted octanol–water partition coefficient (Wildman–Crippen LogP) is 4.91. The van der Waals surface area contributed by atoms with Crippen LogP contribution in [0.25, 0.3) is 0 Å². The summed E-state index contributed by atoms with van der Waals surface area (Å²) in [6.07, 6.45) is -2.98. The van der Waals surface area contributed by atoms with Crippen molar-refractivity contribution in [1.82, 2.24) is 20.2 Å². The van der Waals surface area contributed by atoms with Gasteiger partial charge in [0.25, 0.3) is 11.6 Å². The van der Waals surface area contributed by atoms with E-state index in [1.54, 1.807) is 0 Å². The minimum absolute atomic E-state index is 0.0104. The van der Waals surface area contributed by atoms with Gasteiger partial charge in [-0.05, 0) is 51.2 Å². The molecule has 0 spiro atoms. The number of nitrogens with one attached hydrogen (secondary N) is 2. The first kappa shape index (κ1) is 28.5. The summed E-state index contributed by atoms with van der Waals surface area (Å²) < 4.78 is 66.3. The molecule has 4 rings (SSSR count). The van der Waals surface area contributed by atoms with Crippen LogP contribution < -0.4 is 20.1 Å². The molecule has 11 nitrogen and oxygen atoms in total. The van der Waals surface area contributed by atoms with Crippen LogP contribution in [-0.2, 0) is 6.18 Å². The maximum atomic E-state index is 15.0. The first-order valence-electron chi connectivity index (χ1n) is 11.9. The lowest BCUT2D eigenvalue weighted by Gasteiger charge is -2.29. The number of likely N-dealkylation sites (tertiary alicyclic amines) is 1. The molecule has 1 amide bonds. The molecule has 40 heavy (non-hydrogen) atoms. The van der Waals surface area contributed by atoms with Crippen LogP contribution in [0.1, 0.15) is 28.8 Å². The first-order chi connectivity index (χ1) is 18.9. The van der Waals surface area contributed by atoms with E-state index in [1.807, 2.05) is 7.05 Å². The van der Waals surface area contributed by atoms with Gasteiger partial charge in [0.05, 0.1) is 23.3 Å². The third-order valence-corrected chi connectivity index (χ3v) is 6.16. The van der Waals surface area contributed by atoms with E-state index in [0.717, 1.165) is 56.3 Å². The van der Waals surface area contributed by atoms with Gasteiger partial charge in [-0.15, -0.1) is 0 Å². The van der Waals surface area contributed by atoms with E-state index in [9.17, 15) is 32.5 Å². The molecule has 15 heteroatoms. The second kappa shape index (κ2) is 11.7. The van der Waals surface area contributed by atoms with Crippen molar-refractivity contribution in [3.8, 4) is 17.4 Å². The summed E-state index contributed by atoms with van der Waals surface area (Å²) in [5.74, 6) is -2.95. The van der Waals surface area contributed by atoms with Gasteiger partial charge in [-0.2, -0.15) is 18.2 Å². The number of amides is 1. The summed E-state index contributed by atoms with van der Waals surface area (Å²) in [5, 5.41) is 16.2. The Morgan fingerprint density at radius 3 is 2.45 bits per heavy atom. The highest BCUT2D eigenvalue weighted by Gasteiger charge is 2.36. The lowest BCUT2D eigenvalue weighted by atomic mass is 10.0. The summed E-state index contributed by atoms with van der Waals surface area (Å²) in [4.78, 5) is 32.4. The van der Waals surface area contributed by atoms with Crippen molar-refractivity contribution < 1.29 is 36.8 Å². The molecular weight excluding hydrogens is 540 g/mol. The van der Waals surface area contributed by atoms with Crippen LogP contribution in [0.2, 0.25) is 0 Å². The summed E-state index contributed by atoms with van der Waals surface area (Å²) in [5.41, 5.74) is -1.92. The average molecular weight is 564 g/mol. The zero-order valence-corrected chi connectivity index (χ0v) is 21.3. The Hall–Kier alpha value is -4.53. The highest BCUT2D eigenvalue weighted by Crippen LogP contribution is 2.38. The highest BCUT2D eigenvalue weighted by molar-refractivity contribution is 5.96. The van der Waals surface area contributed by atoms with Gasteiger partial charge in [0.1, 0.15) is 22.9 Å². The van der Waals surface area contributed by atoms with Gasteiger partial charge in [0.15, 0.2) is 0 Å². The Morgan fingerprint density at radius 1 is 1.18 bits per heavy atom. The molecule has 2 N–H and O–H groups in total. The number of rotatable bonds is 8. The van der Waals surface area contributed by atoms with Crippen molar-refractivity contribution in [3.63, 3.8) is 0 Å². The number of nitro benzene ring substituents is 1. The standard InChI is InChI=1S/C25H24F4N6O5/c1-34-9-7-14(8-10-34)31-22(36)17-11-21(39-2)20(12-19(17)26)32-24-30-13-18(25(27,28)29)23(33-24)40-16-5-3-15(4-6-16)35(37)38/h3-6,11-14H,7-10H2,1-2H3,(H,31,36)(H,30,32,33). The largest absolute Gasteiger partial charge is 0.495 e. The minimum Gasteiger partial charge on any atom is -0.495 e. The number of carbonyl (C=O) groups excluding carboxylic acids is 1. The van der Waals surface area contributed by atoms with Crippen molar-refractivity contribution in [2.75, 3.05) is 32.6 Å². The van der Waals surface area contributed by atoms with E-state index in [2.05, 4.69) is 25.5 Å². The van der Waals surface area contributed by atoms with Gasteiger partial charge in [-0.3, -0.25) is 14.9 Å².